The maximum absolute atomic E-state index is 13.6. The lowest BCUT2D eigenvalue weighted by molar-refractivity contribution is 0.421. The maximum atomic E-state index is 13.6. The first-order valence-electron chi connectivity index (χ1n) is 4.81. The summed E-state index contributed by atoms with van der Waals surface area (Å²) in [5, 5.41) is 4.08. The van der Waals surface area contributed by atoms with Gasteiger partial charge in [0, 0.05) is 5.56 Å². The minimum absolute atomic E-state index is 0.265. The van der Waals surface area contributed by atoms with E-state index < -0.39 is 5.82 Å². The van der Waals surface area contributed by atoms with E-state index in [2.05, 4.69) is 5.16 Å². The smallest absolute Gasteiger partial charge is 0.134 e. The molecule has 0 aliphatic rings. The molecule has 0 saturated heterocycles. The van der Waals surface area contributed by atoms with E-state index in [-0.39, 0.29) is 5.56 Å². The zero-order chi connectivity index (χ0) is 11.5. The van der Waals surface area contributed by atoms with E-state index in [4.69, 9.17) is 21.9 Å². The van der Waals surface area contributed by atoms with Crippen molar-refractivity contribution in [3.8, 4) is 11.3 Å². The van der Waals surface area contributed by atoms with Crippen molar-refractivity contribution in [3.05, 3.63) is 40.9 Å². The van der Waals surface area contributed by atoms with Gasteiger partial charge in [0.1, 0.15) is 17.8 Å². The molecule has 0 aliphatic carbocycles. The van der Waals surface area contributed by atoms with Crippen LogP contribution in [0.25, 0.3) is 11.3 Å². The predicted octanol–water partition coefficient (Wildman–Crippen LogP) is 2.64. The van der Waals surface area contributed by atoms with Gasteiger partial charge in [-0.15, -0.1) is 0 Å². The van der Waals surface area contributed by atoms with Gasteiger partial charge in [0.15, 0.2) is 0 Å². The normalized spacial score (nSPS) is 10.7. The van der Waals surface area contributed by atoms with E-state index in [1.165, 1.54) is 12.3 Å². The largest absolute Gasteiger partial charge is 0.364 e. The first-order valence-corrected chi connectivity index (χ1v) is 5.19. The number of nitrogens with two attached hydrogens (primary N) is 1. The molecule has 0 saturated carbocycles. The van der Waals surface area contributed by atoms with Crippen LogP contribution in [0.2, 0.25) is 5.02 Å². The molecule has 5 heteroatoms. The Hall–Kier alpha value is -1.39. The van der Waals surface area contributed by atoms with Crippen LogP contribution in [0.1, 0.15) is 5.56 Å². The monoisotopic (exact) mass is 240 g/mol. The molecule has 2 rings (SSSR count). The first kappa shape index (κ1) is 11.1. The Labute approximate surface area is 97.0 Å². The molecule has 1 aromatic carbocycles. The molecule has 1 heterocycles. The zero-order valence-corrected chi connectivity index (χ0v) is 9.17. The van der Waals surface area contributed by atoms with E-state index in [0.717, 1.165) is 5.56 Å². The average molecular weight is 241 g/mol. The van der Waals surface area contributed by atoms with E-state index in [1.807, 2.05) is 0 Å². The summed E-state index contributed by atoms with van der Waals surface area (Å²) in [7, 11) is 0. The van der Waals surface area contributed by atoms with Gasteiger partial charge in [-0.1, -0.05) is 22.8 Å². The summed E-state index contributed by atoms with van der Waals surface area (Å²) in [6, 6.07) is 4.49. The Morgan fingerprint density at radius 3 is 2.94 bits per heavy atom. The Bertz CT molecular complexity index is 478. The van der Waals surface area contributed by atoms with E-state index in [1.54, 1.807) is 12.1 Å². The summed E-state index contributed by atoms with van der Waals surface area (Å²) < 4.78 is 18.5. The Balaban J connectivity index is 2.54. The van der Waals surface area contributed by atoms with Crippen LogP contribution in [-0.4, -0.2) is 11.7 Å². The molecule has 2 aromatic rings. The number of hydrogen-bond acceptors (Lipinski definition) is 3. The van der Waals surface area contributed by atoms with Crippen LogP contribution in [0, 0.1) is 5.82 Å². The van der Waals surface area contributed by atoms with E-state index in [0.29, 0.717) is 23.7 Å². The van der Waals surface area contributed by atoms with Crippen molar-refractivity contribution < 1.29 is 8.91 Å². The summed E-state index contributed by atoms with van der Waals surface area (Å²) in [6.07, 6.45) is 2.04. The highest BCUT2D eigenvalue weighted by molar-refractivity contribution is 6.33. The van der Waals surface area contributed by atoms with Gasteiger partial charge in [-0.3, -0.25) is 0 Å². The molecule has 0 spiro atoms. The minimum Gasteiger partial charge on any atom is -0.364 e. The molecule has 16 heavy (non-hydrogen) atoms. The standard InChI is InChI=1S/C11H10ClFN2O/c12-8-2-1-3-9(13)10(8)11-7(4-5-14)6-16-15-11/h1-3,6H,4-5,14H2. The topological polar surface area (TPSA) is 52.0 Å². The lowest BCUT2D eigenvalue weighted by Crippen LogP contribution is -2.03. The molecular weight excluding hydrogens is 231 g/mol. The number of aromatic nitrogens is 1. The molecule has 0 fully saturated rings. The fourth-order valence-electron chi connectivity index (χ4n) is 1.52. The Kier molecular flexibility index (Phi) is 3.22. The van der Waals surface area contributed by atoms with Crippen LogP contribution in [0.3, 0.4) is 0 Å². The van der Waals surface area contributed by atoms with Crippen LogP contribution in [0.15, 0.2) is 29.0 Å². The molecule has 0 aliphatic heterocycles. The molecule has 0 atom stereocenters. The molecule has 0 bridgehead atoms. The number of nitrogens with zero attached hydrogens (tertiary/aromatic N) is 1. The fraction of sp³-hybridized carbons (Fsp3) is 0.182. The lowest BCUT2D eigenvalue weighted by Gasteiger charge is -2.03. The third kappa shape index (κ3) is 1.94. The van der Waals surface area contributed by atoms with Crippen molar-refractivity contribution in [2.24, 2.45) is 5.73 Å². The zero-order valence-electron chi connectivity index (χ0n) is 8.41. The molecule has 3 nitrogen and oxygen atoms in total. The highest BCUT2D eigenvalue weighted by Crippen LogP contribution is 2.31. The predicted molar refractivity (Wildman–Crippen MR) is 59.7 cm³/mol. The van der Waals surface area contributed by atoms with Gasteiger partial charge in [-0.2, -0.15) is 0 Å². The van der Waals surface area contributed by atoms with Gasteiger partial charge in [-0.25, -0.2) is 4.39 Å². The second-order valence-corrected chi connectivity index (χ2v) is 3.73. The minimum atomic E-state index is -0.417. The van der Waals surface area contributed by atoms with Crippen molar-refractivity contribution in [2.45, 2.75) is 6.42 Å². The van der Waals surface area contributed by atoms with Crippen molar-refractivity contribution >= 4 is 11.6 Å². The Morgan fingerprint density at radius 2 is 2.25 bits per heavy atom. The summed E-state index contributed by atoms with van der Waals surface area (Å²) >= 11 is 5.94. The van der Waals surface area contributed by atoms with E-state index >= 15 is 0 Å². The fourth-order valence-corrected chi connectivity index (χ4v) is 1.77. The highest BCUT2D eigenvalue weighted by atomic mass is 35.5. The van der Waals surface area contributed by atoms with Crippen molar-refractivity contribution in [1.29, 1.82) is 0 Å². The third-order valence-electron chi connectivity index (χ3n) is 2.26. The molecule has 84 valence electrons. The number of hydrogen-bond donors (Lipinski definition) is 1. The maximum Gasteiger partial charge on any atom is 0.134 e. The second-order valence-electron chi connectivity index (χ2n) is 3.32. The van der Waals surface area contributed by atoms with Crippen molar-refractivity contribution in [1.82, 2.24) is 5.16 Å². The van der Waals surface area contributed by atoms with Gasteiger partial charge < -0.3 is 10.3 Å². The molecule has 1 aromatic heterocycles. The van der Waals surface area contributed by atoms with Crippen LogP contribution in [-0.2, 0) is 6.42 Å². The summed E-state index contributed by atoms with van der Waals surface area (Å²) in [5.41, 5.74) is 6.90. The molecule has 2 N–H and O–H groups in total. The first-order chi connectivity index (χ1) is 7.74. The SMILES string of the molecule is NCCc1conc1-c1c(F)cccc1Cl. The van der Waals surface area contributed by atoms with Gasteiger partial charge in [0.25, 0.3) is 0 Å². The van der Waals surface area contributed by atoms with Gasteiger partial charge in [0.05, 0.1) is 10.6 Å². The van der Waals surface area contributed by atoms with Crippen LogP contribution < -0.4 is 5.73 Å². The Morgan fingerprint density at radius 1 is 1.44 bits per heavy atom. The average Bonchev–Trinajstić information content (AvgIpc) is 2.67. The van der Waals surface area contributed by atoms with Gasteiger partial charge in [-0.05, 0) is 25.1 Å². The number of benzene rings is 1. The highest BCUT2D eigenvalue weighted by Gasteiger charge is 2.16. The van der Waals surface area contributed by atoms with Crippen LogP contribution in [0.5, 0.6) is 0 Å². The quantitative estimate of drug-likeness (QED) is 0.897. The molecular formula is C11H10ClFN2O. The summed E-state index contributed by atoms with van der Waals surface area (Å²) in [6.45, 7) is 0.445. The van der Waals surface area contributed by atoms with Crippen LogP contribution >= 0.6 is 11.6 Å². The second kappa shape index (κ2) is 4.63. The summed E-state index contributed by atoms with van der Waals surface area (Å²) in [5.74, 6) is -0.417. The van der Waals surface area contributed by atoms with Crippen molar-refractivity contribution in [2.75, 3.05) is 6.54 Å². The van der Waals surface area contributed by atoms with Crippen molar-refractivity contribution in [3.63, 3.8) is 0 Å². The van der Waals surface area contributed by atoms with Crippen LogP contribution in [0.4, 0.5) is 4.39 Å². The lowest BCUT2D eigenvalue weighted by atomic mass is 10.1. The molecule has 0 amide bonds. The number of rotatable bonds is 3. The number of halogens is 2. The summed E-state index contributed by atoms with van der Waals surface area (Å²) in [4.78, 5) is 0. The molecule has 0 unspecified atom stereocenters. The van der Waals surface area contributed by atoms with Gasteiger partial charge >= 0.3 is 0 Å². The third-order valence-corrected chi connectivity index (χ3v) is 2.57. The van der Waals surface area contributed by atoms with E-state index in [9.17, 15) is 4.39 Å². The van der Waals surface area contributed by atoms with Gasteiger partial charge in [0.2, 0.25) is 0 Å². The molecule has 0 radical (unpaired) electrons.